The van der Waals surface area contributed by atoms with E-state index < -0.39 is 10.0 Å². The Kier molecular flexibility index (Phi) is 2.73. The van der Waals surface area contributed by atoms with Crippen molar-refractivity contribution in [3.8, 4) is 0 Å². The van der Waals surface area contributed by atoms with E-state index in [2.05, 4.69) is 4.40 Å². The van der Waals surface area contributed by atoms with Gasteiger partial charge in [-0.3, -0.25) is 0 Å². The number of hydrogen-bond acceptors (Lipinski definition) is 2. The summed E-state index contributed by atoms with van der Waals surface area (Å²) in [5.41, 5.74) is 0.799. The Labute approximate surface area is 102 Å². The molecule has 0 atom stereocenters. The lowest BCUT2D eigenvalue weighted by Crippen LogP contribution is -2.59. The number of para-hydroxylation sites is 1. The molecule has 4 nitrogen and oxygen atoms in total. The summed E-state index contributed by atoms with van der Waals surface area (Å²) in [7, 11) is -3.35. The molecule has 0 aliphatic carbocycles. The summed E-state index contributed by atoms with van der Waals surface area (Å²) in [6, 6.07) is 9.69. The molecule has 92 valence electrons. The summed E-state index contributed by atoms with van der Waals surface area (Å²) >= 11 is 0. The topological polar surface area (TPSA) is 49.7 Å². The van der Waals surface area contributed by atoms with Crippen molar-refractivity contribution in [2.45, 2.75) is 13.8 Å². The van der Waals surface area contributed by atoms with Crippen molar-refractivity contribution in [2.75, 3.05) is 17.7 Å². The van der Waals surface area contributed by atoms with Crippen molar-refractivity contribution in [3.05, 3.63) is 30.3 Å². The molecule has 1 aromatic carbocycles. The van der Waals surface area contributed by atoms with Crippen molar-refractivity contribution in [2.24, 2.45) is 9.81 Å². The third kappa shape index (κ3) is 2.49. The Morgan fingerprint density at radius 3 is 2.29 bits per heavy atom. The Hall–Kier alpha value is -1.36. The third-order valence-corrected chi connectivity index (χ3v) is 3.24. The molecule has 1 aromatic rings. The molecule has 0 aromatic heterocycles. The molecule has 0 N–H and O–H groups in total. The van der Waals surface area contributed by atoms with Crippen LogP contribution in [0.2, 0.25) is 0 Å². The van der Waals surface area contributed by atoms with Gasteiger partial charge in [0.05, 0.1) is 6.26 Å². The third-order valence-electron chi connectivity index (χ3n) is 2.73. The quantitative estimate of drug-likeness (QED) is 0.807. The monoisotopic (exact) mass is 252 g/mol. The van der Waals surface area contributed by atoms with Crippen LogP contribution >= 0.6 is 0 Å². The van der Waals surface area contributed by atoms with Gasteiger partial charge in [0.15, 0.2) is 0 Å². The van der Waals surface area contributed by atoms with Gasteiger partial charge in [-0.15, -0.1) is 4.40 Å². The van der Waals surface area contributed by atoms with Crippen LogP contribution in [0.25, 0.3) is 0 Å². The summed E-state index contributed by atoms with van der Waals surface area (Å²) < 4.78 is 26.4. The predicted molar refractivity (Wildman–Crippen MR) is 69.8 cm³/mol. The molecule has 1 aliphatic rings. The van der Waals surface area contributed by atoms with Crippen LogP contribution in [0.5, 0.6) is 0 Å². The molecule has 1 saturated heterocycles. The van der Waals surface area contributed by atoms with E-state index in [0.29, 0.717) is 5.84 Å². The zero-order valence-corrected chi connectivity index (χ0v) is 11.0. The van der Waals surface area contributed by atoms with Crippen LogP contribution in [0.3, 0.4) is 0 Å². The Morgan fingerprint density at radius 2 is 1.82 bits per heavy atom. The first-order chi connectivity index (χ1) is 7.80. The maximum absolute atomic E-state index is 11.3. The fourth-order valence-electron chi connectivity index (χ4n) is 1.97. The minimum atomic E-state index is -3.35. The van der Waals surface area contributed by atoms with Crippen LogP contribution in [0.1, 0.15) is 13.8 Å². The van der Waals surface area contributed by atoms with Gasteiger partial charge in [-0.1, -0.05) is 32.0 Å². The van der Waals surface area contributed by atoms with Gasteiger partial charge in [0, 0.05) is 17.6 Å². The van der Waals surface area contributed by atoms with Gasteiger partial charge in [0.25, 0.3) is 10.0 Å². The average molecular weight is 252 g/mol. The van der Waals surface area contributed by atoms with Crippen molar-refractivity contribution < 1.29 is 8.42 Å². The molecule has 0 spiro atoms. The van der Waals surface area contributed by atoms with Gasteiger partial charge in [0.2, 0.25) is 0 Å². The van der Waals surface area contributed by atoms with Gasteiger partial charge >= 0.3 is 0 Å². The zero-order valence-electron chi connectivity index (χ0n) is 10.2. The normalized spacial score (nSPS) is 21.4. The smallest absolute Gasteiger partial charge is 0.251 e. The number of hydrogen-bond donors (Lipinski definition) is 0. The van der Waals surface area contributed by atoms with E-state index >= 15 is 0 Å². The summed E-state index contributed by atoms with van der Waals surface area (Å²) in [6.07, 6.45) is 1.12. The average Bonchev–Trinajstić information content (AvgIpc) is 2.23. The highest BCUT2D eigenvalue weighted by Crippen LogP contribution is 2.36. The lowest BCUT2D eigenvalue weighted by Gasteiger charge is -2.48. The second-order valence-corrected chi connectivity index (χ2v) is 6.60. The molecule has 0 saturated carbocycles. The van der Waals surface area contributed by atoms with Crippen molar-refractivity contribution in [3.63, 3.8) is 0 Å². The summed E-state index contributed by atoms with van der Waals surface area (Å²) in [5, 5.41) is 0. The van der Waals surface area contributed by atoms with E-state index in [1.54, 1.807) is 0 Å². The number of sulfonamides is 1. The van der Waals surface area contributed by atoms with Crippen LogP contribution in [0, 0.1) is 5.41 Å². The standard InChI is InChI=1S/C12H16N2O2S/c1-12(2)9-14(10-7-5-4-6-8-10)11(12)13-17(3,15)16/h4-8H,9H2,1-3H3/b13-11-. The molecule has 0 radical (unpaired) electrons. The molecule has 17 heavy (non-hydrogen) atoms. The van der Waals surface area contributed by atoms with Crippen molar-refractivity contribution in [1.82, 2.24) is 0 Å². The fourth-order valence-corrected chi connectivity index (χ4v) is 2.63. The number of anilines is 1. The highest BCUT2D eigenvalue weighted by atomic mass is 32.2. The lowest BCUT2D eigenvalue weighted by molar-refractivity contribution is 0.458. The van der Waals surface area contributed by atoms with Gasteiger partial charge < -0.3 is 4.90 Å². The largest absolute Gasteiger partial charge is 0.328 e. The van der Waals surface area contributed by atoms with Gasteiger partial charge in [-0.25, -0.2) is 8.42 Å². The summed E-state index contributed by atoms with van der Waals surface area (Å²) in [5.74, 6) is 0.617. The van der Waals surface area contributed by atoms with Crippen LogP contribution < -0.4 is 4.90 Å². The molecule has 0 amide bonds. The minimum absolute atomic E-state index is 0.182. The van der Waals surface area contributed by atoms with E-state index in [1.807, 2.05) is 49.1 Å². The first kappa shape index (κ1) is 12.1. The number of benzene rings is 1. The maximum atomic E-state index is 11.3. The van der Waals surface area contributed by atoms with E-state index in [4.69, 9.17) is 0 Å². The van der Waals surface area contributed by atoms with Crippen LogP contribution in [-0.2, 0) is 10.0 Å². The molecule has 0 unspecified atom stereocenters. The van der Waals surface area contributed by atoms with Crippen LogP contribution in [0.4, 0.5) is 5.69 Å². The molecule has 1 fully saturated rings. The van der Waals surface area contributed by atoms with E-state index in [1.165, 1.54) is 0 Å². The Bertz CT molecular complexity index is 547. The number of rotatable bonds is 2. The molecular weight excluding hydrogens is 236 g/mol. The van der Waals surface area contributed by atoms with E-state index in [9.17, 15) is 8.42 Å². The van der Waals surface area contributed by atoms with E-state index in [-0.39, 0.29) is 5.41 Å². The molecule has 5 heteroatoms. The molecule has 1 aliphatic heterocycles. The van der Waals surface area contributed by atoms with Crippen molar-refractivity contribution >= 4 is 21.5 Å². The first-order valence-corrected chi connectivity index (χ1v) is 7.27. The highest BCUT2D eigenvalue weighted by molar-refractivity contribution is 7.89. The van der Waals surface area contributed by atoms with E-state index in [0.717, 1.165) is 18.5 Å². The molecular formula is C12H16N2O2S. The second-order valence-electron chi connectivity index (χ2n) is 4.95. The predicted octanol–water partition coefficient (Wildman–Crippen LogP) is 1.89. The molecule has 0 bridgehead atoms. The number of amidine groups is 1. The maximum Gasteiger partial charge on any atom is 0.251 e. The summed E-state index contributed by atoms with van der Waals surface area (Å²) in [4.78, 5) is 1.93. The highest BCUT2D eigenvalue weighted by Gasteiger charge is 2.43. The summed E-state index contributed by atoms with van der Waals surface area (Å²) in [6.45, 7) is 4.78. The Morgan fingerprint density at radius 1 is 1.24 bits per heavy atom. The minimum Gasteiger partial charge on any atom is -0.328 e. The van der Waals surface area contributed by atoms with Gasteiger partial charge in [0.1, 0.15) is 5.84 Å². The van der Waals surface area contributed by atoms with Gasteiger partial charge in [-0.2, -0.15) is 0 Å². The fraction of sp³-hybridized carbons (Fsp3) is 0.417. The number of nitrogens with zero attached hydrogens (tertiary/aromatic N) is 2. The first-order valence-electron chi connectivity index (χ1n) is 5.43. The molecule has 1 heterocycles. The SMILES string of the molecule is CC1(C)CN(c2ccccc2)/C1=N\S(C)(=O)=O. The van der Waals surface area contributed by atoms with Gasteiger partial charge in [-0.05, 0) is 12.1 Å². The molecule has 2 rings (SSSR count). The lowest BCUT2D eigenvalue weighted by atomic mass is 9.82. The van der Waals surface area contributed by atoms with Crippen LogP contribution in [-0.4, -0.2) is 27.1 Å². The van der Waals surface area contributed by atoms with Crippen molar-refractivity contribution in [1.29, 1.82) is 0 Å². The second kappa shape index (κ2) is 3.84. The van der Waals surface area contributed by atoms with Crippen LogP contribution in [0.15, 0.2) is 34.7 Å². The zero-order chi connectivity index (χ0) is 12.7. The Balaban J connectivity index is 2.38.